The first-order valence-corrected chi connectivity index (χ1v) is 6.94. The van der Waals surface area contributed by atoms with Crippen LogP contribution in [0, 0.1) is 6.92 Å². The van der Waals surface area contributed by atoms with Crippen LogP contribution in [-0.2, 0) is 0 Å². The van der Waals surface area contributed by atoms with Crippen LogP contribution >= 0.6 is 11.6 Å². The summed E-state index contributed by atoms with van der Waals surface area (Å²) in [5.41, 5.74) is 2.21. The van der Waals surface area contributed by atoms with E-state index in [0.29, 0.717) is 11.9 Å². The predicted molar refractivity (Wildman–Crippen MR) is 82.9 cm³/mol. The van der Waals surface area contributed by atoms with Gasteiger partial charge in [0.2, 0.25) is 17.2 Å². The molecule has 106 valence electrons. The maximum Gasteiger partial charge on any atom is 0.235 e. The predicted octanol–water partition coefficient (Wildman–Crippen LogP) is 3.42. The molecule has 0 aliphatic rings. The molecular formula is C14H18ClN5. The molecule has 0 radical (unpaired) electrons. The molecule has 0 atom stereocenters. The van der Waals surface area contributed by atoms with E-state index >= 15 is 0 Å². The Morgan fingerprint density at radius 3 is 2.50 bits per heavy atom. The summed E-state index contributed by atoms with van der Waals surface area (Å²) < 4.78 is 0. The Bertz CT molecular complexity index is 570. The third kappa shape index (κ3) is 3.57. The SMILES string of the molecule is CCCNc1nc(Cl)nc(N(C)c2ccc(C)cc2)n1. The first-order chi connectivity index (χ1) is 9.60. The van der Waals surface area contributed by atoms with E-state index in [1.54, 1.807) is 0 Å². The van der Waals surface area contributed by atoms with Gasteiger partial charge < -0.3 is 10.2 Å². The lowest BCUT2D eigenvalue weighted by Gasteiger charge is -2.18. The zero-order valence-electron chi connectivity index (χ0n) is 11.9. The molecule has 0 saturated heterocycles. The molecule has 1 N–H and O–H groups in total. The normalized spacial score (nSPS) is 10.4. The second-order valence-electron chi connectivity index (χ2n) is 4.55. The standard InChI is InChI=1S/C14H18ClN5/c1-4-9-16-13-17-12(15)18-14(19-13)20(3)11-7-5-10(2)6-8-11/h5-8H,4,9H2,1-3H3,(H,16,17,18,19). The quantitative estimate of drug-likeness (QED) is 0.915. The van der Waals surface area contributed by atoms with Crippen LogP contribution in [-0.4, -0.2) is 28.5 Å². The number of aromatic nitrogens is 3. The van der Waals surface area contributed by atoms with Crippen molar-refractivity contribution in [3.05, 3.63) is 35.1 Å². The van der Waals surface area contributed by atoms with Crippen molar-refractivity contribution in [3.8, 4) is 0 Å². The maximum absolute atomic E-state index is 5.96. The lowest BCUT2D eigenvalue weighted by Crippen LogP contribution is -2.15. The third-order valence-electron chi connectivity index (χ3n) is 2.85. The number of nitrogens with one attached hydrogen (secondary N) is 1. The molecule has 6 heteroatoms. The number of hydrogen-bond acceptors (Lipinski definition) is 5. The Morgan fingerprint density at radius 2 is 1.85 bits per heavy atom. The van der Waals surface area contributed by atoms with E-state index in [4.69, 9.17) is 11.6 Å². The largest absolute Gasteiger partial charge is 0.354 e. The van der Waals surface area contributed by atoms with Crippen LogP contribution < -0.4 is 10.2 Å². The minimum Gasteiger partial charge on any atom is -0.354 e. The fourth-order valence-corrected chi connectivity index (χ4v) is 1.84. The monoisotopic (exact) mass is 291 g/mol. The third-order valence-corrected chi connectivity index (χ3v) is 3.02. The molecule has 2 aromatic rings. The van der Waals surface area contributed by atoms with Gasteiger partial charge in [-0.05, 0) is 37.1 Å². The van der Waals surface area contributed by atoms with E-state index in [1.807, 2.05) is 36.2 Å². The van der Waals surface area contributed by atoms with Crippen molar-refractivity contribution in [2.45, 2.75) is 20.3 Å². The Balaban J connectivity index is 2.26. The first-order valence-electron chi connectivity index (χ1n) is 6.56. The zero-order chi connectivity index (χ0) is 14.5. The van der Waals surface area contributed by atoms with Crippen molar-refractivity contribution in [3.63, 3.8) is 0 Å². The highest BCUT2D eigenvalue weighted by Gasteiger charge is 2.10. The maximum atomic E-state index is 5.96. The molecule has 0 spiro atoms. The molecule has 2 rings (SSSR count). The molecule has 5 nitrogen and oxygen atoms in total. The van der Waals surface area contributed by atoms with Gasteiger partial charge in [-0.2, -0.15) is 15.0 Å². The van der Waals surface area contributed by atoms with E-state index in [9.17, 15) is 0 Å². The lowest BCUT2D eigenvalue weighted by atomic mass is 10.2. The molecule has 0 amide bonds. The van der Waals surface area contributed by atoms with Crippen LogP contribution in [0.1, 0.15) is 18.9 Å². The average molecular weight is 292 g/mol. The van der Waals surface area contributed by atoms with Crippen molar-refractivity contribution >= 4 is 29.2 Å². The van der Waals surface area contributed by atoms with Crippen LogP contribution in [0.2, 0.25) is 5.28 Å². The molecule has 0 fully saturated rings. The van der Waals surface area contributed by atoms with Gasteiger partial charge in [0.1, 0.15) is 0 Å². The van der Waals surface area contributed by atoms with Crippen LogP contribution in [0.4, 0.5) is 17.6 Å². The van der Waals surface area contributed by atoms with Crippen LogP contribution in [0.5, 0.6) is 0 Å². The molecule has 1 aromatic carbocycles. The van der Waals surface area contributed by atoms with Crippen molar-refractivity contribution in [1.29, 1.82) is 0 Å². The highest BCUT2D eigenvalue weighted by Crippen LogP contribution is 2.22. The summed E-state index contributed by atoms with van der Waals surface area (Å²) in [4.78, 5) is 14.5. The highest BCUT2D eigenvalue weighted by atomic mass is 35.5. The van der Waals surface area contributed by atoms with Gasteiger partial charge in [-0.15, -0.1) is 0 Å². The lowest BCUT2D eigenvalue weighted by molar-refractivity contribution is 0.926. The molecule has 20 heavy (non-hydrogen) atoms. The van der Waals surface area contributed by atoms with Gasteiger partial charge >= 0.3 is 0 Å². The van der Waals surface area contributed by atoms with Crippen molar-refractivity contribution in [2.75, 3.05) is 23.8 Å². The fraction of sp³-hybridized carbons (Fsp3) is 0.357. The number of aryl methyl sites for hydroxylation is 1. The molecule has 0 bridgehead atoms. The Kier molecular flexibility index (Phi) is 4.74. The van der Waals surface area contributed by atoms with Gasteiger partial charge in [-0.25, -0.2) is 0 Å². The number of nitrogens with zero attached hydrogens (tertiary/aromatic N) is 4. The molecule has 0 aliphatic heterocycles. The van der Waals surface area contributed by atoms with E-state index in [1.165, 1.54) is 5.56 Å². The average Bonchev–Trinajstić information content (AvgIpc) is 2.44. The van der Waals surface area contributed by atoms with Gasteiger partial charge in [0.05, 0.1) is 0 Å². The van der Waals surface area contributed by atoms with E-state index in [-0.39, 0.29) is 5.28 Å². The van der Waals surface area contributed by atoms with Crippen LogP contribution in [0.3, 0.4) is 0 Å². The second kappa shape index (κ2) is 6.52. The zero-order valence-corrected chi connectivity index (χ0v) is 12.6. The van der Waals surface area contributed by atoms with E-state index in [2.05, 4.69) is 34.1 Å². The second-order valence-corrected chi connectivity index (χ2v) is 4.89. The first kappa shape index (κ1) is 14.5. The van der Waals surface area contributed by atoms with Crippen LogP contribution in [0.15, 0.2) is 24.3 Å². The van der Waals surface area contributed by atoms with Gasteiger partial charge in [-0.3, -0.25) is 0 Å². The summed E-state index contributed by atoms with van der Waals surface area (Å²) in [6, 6.07) is 8.13. The molecule has 0 aliphatic carbocycles. The fourth-order valence-electron chi connectivity index (χ4n) is 1.69. The summed E-state index contributed by atoms with van der Waals surface area (Å²) in [5.74, 6) is 1.02. The molecule has 0 saturated carbocycles. The van der Waals surface area contributed by atoms with Gasteiger partial charge in [-0.1, -0.05) is 24.6 Å². The van der Waals surface area contributed by atoms with Crippen molar-refractivity contribution in [1.82, 2.24) is 15.0 Å². The molecule has 0 unspecified atom stereocenters. The topological polar surface area (TPSA) is 53.9 Å². The number of hydrogen-bond donors (Lipinski definition) is 1. The highest BCUT2D eigenvalue weighted by molar-refractivity contribution is 6.28. The number of halogens is 1. The Morgan fingerprint density at radius 1 is 1.15 bits per heavy atom. The Labute approximate surface area is 124 Å². The van der Waals surface area contributed by atoms with E-state index < -0.39 is 0 Å². The van der Waals surface area contributed by atoms with Crippen LogP contribution in [0.25, 0.3) is 0 Å². The summed E-state index contributed by atoms with van der Waals surface area (Å²) >= 11 is 5.96. The summed E-state index contributed by atoms with van der Waals surface area (Å²) in [5, 5.41) is 3.31. The van der Waals surface area contributed by atoms with E-state index in [0.717, 1.165) is 18.7 Å². The minimum absolute atomic E-state index is 0.188. The van der Waals surface area contributed by atoms with Gasteiger partial charge in [0.25, 0.3) is 0 Å². The van der Waals surface area contributed by atoms with Gasteiger partial charge in [0.15, 0.2) is 0 Å². The molecule has 1 aromatic heterocycles. The van der Waals surface area contributed by atoms with Gasteiger partial charge in [0, 0.05) is 19.3 Å². The molecular weight excluding hydrogens is 274 g/mol. The number of benzene rings is 1. The number of rotatable bonds is 5. The molecule has 1 heterocycles. The summed E-state index contributed by atoms with van der Waals surface area (Å²) in [7, 11) is 1.90. The Hall–Kier alpha value is -1.88. The van der Waals surface area contributed by atoms with Crippen molar-refractivity contribution < 1.29 is 0 Å². The number of anilines is 3. The van der Waals surface area contributed by atoms with Crippen molar-refractivity contribution in [2.24, 2.45) is 0 Å². The summed E-state index contributed by atoms with van der Waals surface area (Å²) in [6.07, 6.45) is 0.992. The smallest absolute Gasteiger partial charge is 0.235 e. The summed E-state index contributed by atoms with van der Waals surface area (Å²) in [6.45, 7) is 4.93. The minimum atomic E-state index is 0.188.